The Bertz CT molecular complexity index is 978. The highest BCUT2D eigenvalue weighted by Crippen LogP contribution is 2.29. The van der Waals surface area contributed by atoms with Crippen LogP contribution >= 0.6 is 0 Å². The van der Waals surface area contributed by atoms with E-state index >= 15 is 0 Å². The van der Waals surface area contributed by atoms with Crippen molar-refractivity contribution in [3.63, 3.8) is 0 Å². The molecule has 1 aliphatic heterocycles. The minimum absolute atomic E-state index is 0.153. The lowest BCUT2D eigenvalue weighted by Gasteiger charge is -2.36. The zero-order chi connectivity index (χ0) is 23.7. The summed E-state index contributed by atoms with van der Waals surface area (Å²) in [4.78, 5) is 32.0. The summed E-state index contributed by atoms with van der Waals surface area (Å²) in [5, 5.41) is 3.19. The smallest absolute Gasteiger partial charge is 0.410 e. The van der Waals surface area contributed by atoms with E-state index in [4.69, 9.17) is 9.47 Å². The number of ether oxygens (including phenoxy) is 2. The van der Waals surface area contributed by atoms with Crippen molar-refractivity contribution in [2.75, 3.05) is 19.7 Å². The van der Waals surface area contributed by atoms with E-state index in [1.54, 1.807) is 0 Å². The van der Waals surface area contributed by atoms with Crippen molar-refractivity contribution in [2.24, 2.45) is 5.92 Å². The Kier molecular flexibility index (Phi) is 6.83. The number of nitrogens with one attached hydrogen (secondary N) is 1. The molecule has 8 nitrogen and oxygen atoms in total. The molecule has 1 unspecified atom stereocenters. The van der Waals surface area contributed by atoms with Crippen LogP contribution in [-0.4, -0.2) is 57.7 Å². The van der Waals surface area contributed by atoms with Crippen LogP contribution in [0, 0.1) is 12.8 Å². The number of pyridine rings is 1. The average Bonchev–Trinajstić information content (AvgIpc) is 3.12. The molecule has 2 aromatic rings. The van der Waals surface area contributed by atoms with Gasteiger partial charge in [-0.3, -0.25) is 4.79 Å². The highest BCUT2D eigenvalue weighted by molar-refractivity contribution is 5.83. The van der Waals surface area contributed by atoms with Crippen LogP contribution < -0.4 is 5.32 Å². The fraction of sp³-hybridized carbons (Fsp3) is 0.625. The predicted molar refractivity (Wildman–Crippen MR) is 122 cm³/mol. The maximum Gasteiger partial charge on any atom is 0.410 e. The van der Waals surface area contributed by atoms with Crippen molar-refractivity contribution in [3.8, 4) is 0 Å². The fourth-order valence-electron chi connectivity index (χ4n) is 4.24. The second-order valence-electron chi connectivity index (χ2n) is 10.2. The maximum atomic E-state index is 13.3. The first-order valence-corrected chi connectivity index (χ1v) is 11.2. The SMILES string of the molecule is Cc1cccn2c(C(C)(CC(C)C)NC(=O)[C@@H]3CN(C(=O)OC(C)(C)C)CCO3)ncc12. The summed E-state index contributed by atoms with van der Waals surface area (Å²) in [5.74, 6) is 0.840. The van der Waals surface area contributed by atoms with Gasteiger partial charge in [-0.25, -0.2) is 9.78 Å². The molecule has 1 N–H and O–H groups in total. The summed E-state index contributed by atoms with van der Waals surface area (Å²) in [6, 6.07) is 4.02. The first-order valence-electron chi connectivity index (χ1n) is 11.2. The third kappa shape index (κ3) is 5.41. The van der Waals surface area contributed by atoms with Gasteiger partial charge in [0.25, 0.3) is 5.91 Å². The summed E-state index contributed by atoms with van der Waals surface area (Å²) in [6.07, 6.45) is 3.32. The molecule has 176 valence electrons. The molecular formula is C24H36N4O4. The Morgan fingerprint density at radius 1 is 1.31 bits per heavy atom. The number of imidazole rings is 1. The van der Waals surface area contributed by atoms with Crippen LogP contribution in [0.2, 0.25) is 0 Å². The number of nitrogens with zero attached hydrogens (tertiary/aromatic N) is 3. The van der Waals surface area contributed by atoms with Crippen molar-refractivity contribution in [3.05, 3.63) is 35.9 Å². The van der Waals surface area contributed by atoms with Crippen LogP contribution in [0.25, 0.3) is 5.52 Å². The highest BCUT2D eigenvalue weighted by atomic mass is 16.6. The number of hydrogen-bond acceptors (Lipinski definition) is 5. The van der Waals surface area contributed by atoms with E-state index in [9.17, 15) is 9.59 Å². The zero-order valence-corrected chi connectivity index (χ0v) is 20.3. The van der Waals surface area contributed by atoms with Crippen molar-refractivity contribution >= 4 is 17.5 Å². The van der Waals surface area contributed by atoms with Gasteiger partial charge >= 0.3 is 6.09 Å². The van der Waals surface area contributed by atoms with Crippen LogP contribution in [0.15, 0.2) is 24.5 Å². The van der Waals surface area contributed by atoms with E-state index in [0.29, 0.717) is 18.9 Å². The van der Waals surface area contributed by atoms with Gasteiger partial charge in [0, 0.05) is 12.7 Å². The molecular weight excluding hydrogens is 408 g/mol. The lowest BCUT2D eigenvalue weighted by molar-refractivity contribution is -0.140. The number of carbonyl (C=O) groups excluding carboxylic acids is 2. The third-order valence-electron chi connectivity index (χ3n) is 5.50. The number of carbonyl (C=O) groups is 2. The third-order valence-corrected chi connectivity index (χ3v) is 5.50. The molecule has 0 saturated carbocycles. The lowest BCUT2D eigenvalue weighted by atomic mass is 9.89. The summed E-state index contributed by atoms with van der Waals surface area (Å²) in [7, 11) is 0. The second-order valence-corrected chi connectivity index (χ2v) is 10.2. The van der Waals surface area contributed by atoms with Gasteiger partial charge in [0.2, 0.25) is 0 Å². The topological polar surface area (TPSA) is 85.2 Å². The van der Waals surface area contributed by atoms with Gasteiger partial charge in [-0.05, 0) is 58.6 Å². The normalized spacial score (nSPS) is 19.1. The minimum atomic E-state index is -0.768. The molecule has 0 aliphatic carbocycles. The molecule has 3 heterocycles. The average molecular weight is 445 g/mol. The van der Waals surface area contributed by atoms with Crippen molar-refractivity contribution in [1.29, 1.82) is 0 Å². The molecule has 0 aromatic carbocycles. The van der Waals surface area contributed by atoms with E-state index in [1.165, 1.54) is 4.90 Å². The first kappa shape index (κ1) is 24.0. The second kappa shape index (κ2) is 9.10. The van der Waals surface area contributed by atoms with E-state index in [1.807, 2.05) is 63.5 Å². The number of aryl methyl sites for hydroxylation is 1. The monoisotopic (exact) mass is 444 g/mol. The number of amides is 2. The molecule has 2 atom stereocenters. The van der Waals surface area contributed by atoms with Crippen LogP contribution in [0.4, 0.5) is 4.79 Å². The van der Waals surface area contributed by atoms with Gasteiger partial charge in [-0.1, -0.05) is 19.9 Å². The van der Waals surface area contributed by atoms with E-state index < -0.39 is 23.3 Å². The van der Waals surface area contributed by atoms with Crippen LogP contribution in [0.3, 0.4) is 0 Å². The van der Waals surface area contributed by atoms with Gasteiger partial charge in [-0.2, -0.15) is 0 Å². The number of fused-ring (bicyclic) bond motifs is 1. The number of rotatable bonds is 5. The molecule has 0 spiro atoms. The van der Waals surface area contributed by atoms with Gasteiger partial charge in [0.05, 0.1) is 30.4 Å². The number of morpholine rings is 1. The zero-order valence-electron chi connectivity index (χ0n) is 20.3. The number of hydrogen-bond donors (Lipinski definition) is 1. The van der Waals surface area contributed by atoms with Gasteiger partial charge in [-0.15, -0.1) is 0 Å². The Labute approximate surface area is 190 Å². The summed E-state index contributed by atoms with van der Waals surface area (Å²) < 4.78 is 13.2. The molecule has 0 radical (unpaired) electrons. The molecule has 1 aliphatic rings. The van der Waals surface area contributed by atoms with Crippen LogP contribution in [0.1, 0.15) is 59.4 Å². The quantitative estimate of drug-likeness (QED) is 0.761. The summed E-state index contributed by atoms with van der Waals surface area (Å²) >= 11 is 0. The Morgan fingerprint density at radius 2 is 2.03 bits per heavy atom. The molecule has 32 heavy (non-hydrogen) atoms. The molecule has 1 saturated heterocycles. The summed E-state index contributed by atoms with van der Waals surface area (Å²) in [5.41, 5.74) is 0.830. The van der Waals surface area contributed by atoms with Crippen LogP contribution in [-0.2, 0) is 19.8 Å². The molecule has 2 aromatic heterocycles. The standard InChI is InChI=1S/C24H36N4O4/c1-16(2)13-24(7,21-25-14-18-17(3)9-8-10-28(18)21)26-20(29)19-15-27(11-12-31-19)22(30)32-23(4,5)6/h8-10,14,16,19H,11-13,15H2,1-7H3,(H,26,29)/t19-,24?/m0/s1. The van der Waals surface area contributed by atoms with Crippen molar-refractivity contribution < 1.29 is 19.1 Å². The minimum Gasteiger partial charge on any atom is -0.444 e. The lowest BCUT2D eigenvalue weighted by Crippen LogP contribution is -2.56. The maximum absolute atomic E-state index is 13.3. The largest absolute Gasteiger partial charge is 0.444 e. The van der Waals surface area contributed by atoms with Gasteiger partial charge < -0.3 is 24.1 Å². The van der Waals surface area contributed by atoms with E-state index in [0.717, 1.165) is 16.9 Å². The van der Waals surface area contributed by atoms with Crippen molar-refractivity contribution in [2.45, 2.75) is 72.1 Å². The number of aromatic nitrogens is 2. The molecule has 0 bridgehead atoms. The van der Waals surface area contributed by atoms with E-state index in [-0.39, 0.29) is 19.1 Å². The molecule has 2 amide bonds. The first-order chi connectivity index (χ1) is 14.9. The molecule has 8 heteroatoms. The summed E-state index contributed by atoms with van der Waals surface area (Å²) in [6.45, 7) is 14.6. The predicted octanol–water partition coefficient (Wildman–Crippen LogP) is 3.66. The fourth-order valence-corrected chi connectivity index (χ4v) is 4.24. The Morgan fingerprint density at radius 3 is 2.69 bits per heavy atom. The van der Waals surface area contributed by atoms with Gasteiger partial charge in [0.15, 0.2) is 6.10 Å². The molecule has 3 rings (SSSR count). The highest BCUT2D eigenvalue weighted by Gasteiger charge is 2.38. The molecule has 1 fully saturated rings. The van der Waals surface area contributed by atoms with Crippen molar-refractivity contribution in [1.82, 2.24) is 19.6 Å². The van der Waals surface area contributed by atoms with E-state index in [2.05, 4.69) is 24.1 Å². The van der Waals surface area contributed by atoms with Gasteiger partial charge in [0.1, 0.15) is 11.4 Å². The Balaban J connectivity index is 1.81. The Hall–Kier alpha value is -2.61. The van der Waals surface area contributed by atoms with Crippen LogP contribution in [0.5, 0.6) is 0 Å².